The lowest BCUT2D eigenvalue weighted by Gasteiger charge is -2.22. The molecule has 1 aromatic heterocycles. The molecular formula is C14H22N6O5S. The molecule has 1 rings (SSSR count). The van der Waals surface area contributed by atoms with Gasteiger partial charge in [0.15, 0.2) is 0 Å². The van der Waals surface area contributed by atoms with E-state index in [-0.39, 0.29) is 12.2 Å². The van der Waals surface area contributed by atoms with E-state index >= 15 is 0 Å². The Kier molecular flexibility index (Phi) is 8.58. The molecule has 12 heteroatoms. The monoisotopic (exact) mass is 386 g/mol. The number of nitrogens with one attached hydrogen (secondary N) is 4. The molecule has 3 atom stereocenters. The van der Waals surface area contributed by atoms with Crippen molar-refractivity contribution in [1.82, 2.24) is 25.9 Å². The minimum Gasteiger partial charge on any atom is -0.480 e. The van der Waals surface area contributed by atoms with Crippen LogP contribution < -0.4 is 21.7 Å². The van der Waals surface area contributed by atoms with Gasteiger partial charge in [-0.15, -0.1) is 0 Å². The minimum absolute atomic E-state index is 0.0161. The first-order chi connectivity index (χ1) is 12.2. The number of nitrogens with two attached hydrogens (primary N) is 1. The Bertz CT molecular complexity index is 636. The summed E-state index contributed by atoms with van der Waals surface area (Å²) in [5.41, 5.74) is 6.01. The van der Waals surface area contributed by atoms with Crippen LogP contribution in [0.3, 0.4) is 0 Å². The van der Waals surface area contributed by atoms with Crippen LogP contribution in [0.15, 0.2) is 12.5 Å². The van der Waals surface area contributed by atoms with Crippen molar-refractivity contribution in [3.8, 4) is 0 Å². The van der Waals surface area contributed by atoms with Crippen molar-refractivity contribution >= 4 is 36.3 Å². The second-order valence-corrected chi connectivity index (χ2v) is 5.85. The fraction of sp³-hybridized carbons (Fsp3) is 0.500. The maximum atomic E-state index is 12.4. The fourth-order valence-corrected chi connectivity index (χ4v) is 2.14. The topological polar surface area (TPSA) is 179 Å². The van der Waals surface area contributed by atoms with Gasteiger partial charge in [0.05, 0.1) is 12.4 Å². The Morgan fingerprint density at radius 1 is 1.23 bits per heavy atom. The minimum atomic E-state index is -1.22. The standard InChI is InChI=1S/C14H22N6O5S/c1-7(15)12(23)20-10(5-26)14(25)19-9(2-8-3-16-6-18-8)13(24)17-4-11(21)22/h3,6-7,9-10,26H,2,4-5,15H2,1H3,(H,16,18)(H,17,24)(H,19,25)(H,20,23)(H,21,22). The maximum Gasteiger partial charge on any atom is 0.322 e. The van der Waals surface area contributed by atoms with Gasteiger partial charge < -0.3 is 31.8 Å². The number of carboxylic acid groups (broad SMARTS) is 1. The van der Waals surface area contributed by atoms with Crippen molar-refractivity contribution in [2.45, 2.75) is 31.5 Å². The number of aromatic nitrogens is 2. The van der Waals surface area contributed by atoms with Crippen LogP contribution in [-0.4, -0.2) is 69.2 Å². The summed E-state index contributed by atoms with van der Waals surface area (Å²) >= 11 is 4.02. The van der Waals surface area contributed by atoms with E-state index in [1.807, 2.05) is 0 Å². The van der Waals surface area contributed by atoms with Crippen LogP contribution in [0.5, 0.6) is 0 Å². The Morgan fingerprint density at radius 3 is 2.38 bits per heavy atom. The fourth-order valence-electron chi connectivity index (χ4n) is 1.88. The van der Waals surface area contributed by atoms with Crippen LogP contribution in [0.4, 0.5) is 0 Å². The van der Waals surface area contributed by atoms with Crippen LogP contribution in [0.1, 0.15) is 12.6 Å². The van der Waals surface area contributed by atoms with E-state index in [9.17, 15) is 19.2 Å². The lowest BCUT2D eigenvalue weighted by Crippen LogP contribution is -2.56. The number of H-pyrrole nitrogens is 1. The molecule has 0 saturated heterocycles. The first-order valence-corrected chi connectivity index (χ1v) is 8.31. The molecule has 3 amide bonds. The Balaban J connectivity index is 2.81. The zero-order valence-corrected chi connectivity index (χ0v) is 15.0. The second-order valence-electron chi connectivity index (χ2n) is 5.49. The van der Waals surface area contributed by atoms with E-state index < -0.39 is 48.4 Å². The Labute approximate surface area is 154 Å². The summed E-state index contributed by atoms with van der Waals surface area (Å²) in [6, 6.07) is -2.89. The number of carboxylic acids is 1. The molecule has 0 saturated carbocycles. The highest BCUT2D eigenvalue weighted by atomic mass is 32.1. The van der Waals surface area contributed by atoms with Crippen LogP contribution in [0.25, 0.3) is 0 Å². The smallest absolute Gasteiger partial charge is 0.322 e. The number of rotatable bonds is 10. The van der Waals surface area contributed by atoms with E-state index in [2.05, 4.69) is 38.5 Å². The second kappa shape index (κ2) is 10.4. The SMILES string of the molecule is CC(N)C(=O)NC(CS)C(=O)NC(Cc1cnc[nH]1)C(=O)NCC(=O)O. The molecule has 0 radical (unpaired) electrons. The largest absolute Gasteiger partial charge is 0.480 e. The van der Waals surface area contributed by atoms with E-state index in [1.54, 1.807) is 0 Å². The predicted molar refractivity (Wildman–Crippen MR) is 94.3 cm³/mol. The average Bonchev–Trinajstić information content (AvgIpc) is 3.09. The molecule has 26 heavy (non-hydrogen) atoms. The van der Waals surface area contributed by atoms with Gasteiger partial charge in [-0.3, -0.25) is 19.2 Å². The average molecular weight is 386 g/mol. The van der Waals surface area contributed by atoms with Gasteiger partial charge in [0.25, 0.3) is 0 Å². The normalized spacial score (nSPS) is 14.0. The predicted octanol–water partition coefficient (Wildman–Crippen LogP) is -2.60. The summed E-state index contributed by atoms with van der Waals surface area (Å²) in [5.74, 6) is -3.12. The number of aliphatic carboxylic acids is 1. The van der Waals surface area contributed by atoms with E-state index in [0.29, 0.717) is 5.69 Å². The first-order valence-electron chi connectivity index (χ1n) is 7.68. The highest BCUT2D eigenvalue weighted by molar-refractivity contribution is 7.80. The third-order valence-corrected chi connectivity index (χ3v) is 3.62. The number of hydrogen-bond acceptors (Lipinski definition) is 7. The van der Waals surface area contributed by atoms with E-state index in [1.165, 1.54) is 19.4 Å². The maximum absolute atomic E-state index is 12.4. The molecule has 1 heterocycles. The van der Waals surface area contributed by atoms with Crippen molar-refractivity contribution in [3.05, 3.63) is 18.2 Å². The lowest BCUT2D eigenvalue weighted by molar-refractivity contribution is -0.138. The molecule has 11 nitrogen and oxygen atoms in total. The van der Waals surface area contributed by atoms with Gasteiger partial charge in [-0.05, 0) is 6.92 Å². The van der Waals surface area contributed by atoms with Crippen LogP contribution in [-0.2, 0) is 25.6 Å². The van der Waals surface area contributed by atoms with Crippen molar-refractivity contribution < 1.29 is 24.3 Å². The summed E-state index contributed by atoms with van der Waals surface area (Å²) in [6.07, 6.45) is 2.93. The number of amides is 3. The molecular weight excluding hydrogens is 364 g/mol. The van der Waals surface area contributed by atoms with Crippen LogP contribution in [0, 0.1) is 0 Å². The molecule has 144 valence electrons. The zero-order valence-electron chi connectivity index (χ0n) is 14.1. The number of imidazole rings is 1. The summed E-state index contributed by atoms with van der Waals surface area (Å²) in [5, 5.41) is 15.8. The van der Waals surface area contributed by atoms with Crippen molar-refractivity contribution in [3.63, 3.8) is 0 Å². The summed E-state index contributed by atoms with van der Waals surface area (Å²) in [6.45, 7) is 0.870. The third-order valence-electron chi connectivity index (χ3n) is 3.25. The van der Waals surface area contributed by atoms with E-state index in [4.69, 9.17) is 10.8 Å². The summed E-state index contributed by atoms with van der Waals surface area (Å²) in [7, 11) is 0. The van der Waals surface area contributed by atoms with Crippen LogP contribution >= 0.6 is 12.6 Å². The quantitative estimate of drug-likeness (QED) is 0.215. The van der Waals surface area contributed by atoms with Gasteiger partial charge in [0.2, 0.25) is 17.7 Å². The number of aromatic amines is 1. The first kappa shape index (κ1) is 21.4. The van der Waals surface area contributed by atoms with Gasteiger partial charge in [0.1, 0.15) is 18.6 Å². The molecule has 0 aliphatic rings. The number of carbonyl (C=O) groups is 4. The Morgan fingerprint density at radius 2 is 1.88 bits per heavy atom. The highest BCUT2D eigenvalue weighted by Crippen LogP contribution is 2.01. The lowest BCUT2D eigenvalue weighted by atomic mass is 10.1. The third kappa shape index (κ3) is 7.11. The van der Waals surface area contributed by atoms with Crippen molar-refractivity contribution in [2.75, 3.05) is 12.3 Å². The zero-order chi connectivity index (χ0) is 19.7. The van der Waals surface area contributed by atoms with Crippen molar-refractivity contribution in [1.29, 1.82) is 0 Å². The molecule has 0 aliphatic heterocycles. The molecule has 0 bridgehead atoms. The van der Waals surface area contributed by atoms with Gasteiger partial charge in [-0.2, -0.15) is 12.6 Å². The van der Waals surface area contributed by atoms with Gasteiger partial charge in [0, 0.05) is 24.1 Å². The molecule has 0 aromatic carbocycles. The van der Waals surface area contributed by atoms with Gasteiger partial charge in [-0.25, -0.2) is 4.98 Å². The summed E-state index contributed by atoms with van der Waals surface area (Å²) < 4.78 is 0. The van der Waals surface area contributed by atoms with Crippen molar-refractivity contribution in [2.24, 2.45) is 5.73 Å². The number of thiol groups is 1. The molecule has 3 unspecified atom stereocenters. The van der Waals surface area contributed by atoms with Crippen LogP contribution in [0.2, 0.25) is 0 Å². The molecule has 1 aromatic rings. The Hall–Kier alpha value is -2.60. The molecule has 0 spiro atoms. The molecule has 0 aliphatic carbocycles. The van der Waals surface area contributed by atoms with E-state index in [0.717, 1.165) is 0 Å². The molecule has 7 N–H and O–H groups in total. The molecule has 0 fully saturated rings. The van der Waals surface area contributed by atoms with Gasteiger partial charge in [-0.1, -0.05) is 0 Å². The highest BCUT2D eigenvalue weighted by Gasteiger charge is 2.27. The van der Waals surface area contributed by atoms with Gasteiger partial charge >= 0.3 is 5.97 Å². The summed E-state index contributed by atoms with van der Waals surface area (Å²) in [4.78, 5) is 53.5. The number of carbonyl (C=O) groups excluding carboxylic acids is 3. The number of hydrogen-bond donors (Lipinski definition) is 7. The number of nitrogens with zero attached hydrogens (tertiary/aromatic N) is 1.